The van der Waals surface area contributed by atoms with Crippen molar-refractivity contribution < 1.29 is 36.9 Å². The Balaban J connectivity index is 1.56. The number of carboxylic acids is 1. The van der Waals surface area contributed by atoms with Crippen LogP contribution in [0.15, 0.2) is 66.9 Å². The average Bonchev–Trinajstić information content (AvgIpc) is 2.87. The summed E-state index contributed by atoms with van der Waals surface area (Å²) in [6.07, 6.45) is 1.16. The van der Waals surface area contributed by atoms with Gasteiger partial charge in [0, 0.05) is 23.9 Å². The number of pyridine rings is 1. The van der Waals surface area contributed by atoms with Gasteiger partial charge in [-0.15, -0.1) is 0 Å². The highest BCUT2D eigenvalue weighted by molar-refractivity contribution is 5.72. The molecule has 0 saturated carbocycles. The predicted octanol–water partition coefficient (Wildman–Crippen LogP) is 6.75. The first-order chi connectivity index (χ1) is 17.7. The number of carboxylic acid groups (broad SMARTS) is 1. The lowest BCUT2D eigenvalue weighted by molar-refractivity contribution is -0.145. The summed E-state index contributed by atoms with van der Waals surface area (Å²) in [5, 5.41) is 9.43. The van der Waals surface area contributed by atoms with Crippen molar-refractivity contribution in [3.05, 3.63) is 95.1 Å². The predicted molar refractivity (Wildman–Crippen MR) is 131 cm³/mol. The van der Waals surface area contributed by atoms with E-state index >= 15 is 0 Å². The van der Waals surface area contributed by atoms with Crippen molar-refractivity contribution in [2.45, 2.75) is 44.9 Å². The second kappa shape index (κ2) is 12.9. The first-order valence-electron chi connectivity index (χ1n) is 11.7. The molecule has 1 N–H and O–H groups in total. The van der Waals surface area contributed by atoms with E-state index in [1.54, 1.807) is 12.2 Å². The van der Waals surface area contributed by atoms with Gasteiger partial charge >= 0.3 is 12.1 Å². The fourth-order valence-corrected chi connectivity index (χ4v) is 3.44. The molecule has 196 valence electrons. The molecule has 2 aromatic carbocycles. The number of halogens is 4. The Bertz CT molecular complexity index is 1190. The Labute approximate surface area is 212 Å². The van der Waals surface area contributed by atoms with Gasteiger partial charge in [-0.1, -0.05) is 25.1 Å². The van der Waals surface area contributed by atoms with Gasteiger partial charge in [-0.05, 0) is 73.4 Å². The molecule has 0 amide bonds. The summed E-state index contributed by atoms with van der Waals surface area (Å²) in [4.78, 5) is 15.9. The molecule has 0 radical (unpaired) electrons. The number of alkyl halides is 3. The van der Waals surface area contributed by atoms with E-state index in [-0.39, 0.29) is 18.6 Å². The molecule has 5 nitrogen and oxygen atoms in total. The maximum atomic E-state index is 13.8. The number of aliphatic carboxylic acids is 1. The SMILES string of the molecule is CCc1ccc(CCOc2ccc(F)cc2/C=C/CCC(Oc2ccc(C(F)(F)F)cc2)C(=O)O)nc1. The number of rotatable bonds is 12. The maximum Gasteiger partial charge on any atom is 0.416 e. The zero-order valence-corrected chi connectivity index (χ0v) is 20.2. The molecule has 0 aliphatic heterocycles. The van der Waals surface area contributed by atoms with E-state index in [1.165, 1.54) is 18.2 Å². The first kappa shape index (κ1) is 27.7. The summed E-state index contributed by atoms with van der Waals surface area (Å²) < 4.78 is 63.1. The van der Waals surface area contributed by atoms with Crippen molar-refractivity contribution >= 4 is 12.0 Å². The minimum Gasteiger partial charge on any atom is -0.493 e. The van der Waals surface area contributed by atoms with Gasteiger partial charge in [0.1, 0.15) is 17.3 Å². The molecule has 1 atom stereocenters. The standard InChI is InChI=1S/C28H27F4NO4/c1-2-19-7-11-23(33-18-19)15-16-36-25-14-10-22(29)17-20(25)5-3-4-6-26(27(34)35)37-24-12-8-21(9-13-24)28(30,31)32/h3,5,7-14,17-18,26H,2,4,6,15-16H2,1H3,(H,34,35)/b5-3+. The van der Waals surface area contributed by atoms with Gasteiger partial charge in [0.25, 0.3) is 0 Å². The molecule has 0 fully saturated rings. The molecule has 0 spiro atoms. The largest absolute Gasteiger partial charge is 0.493 e. The van der Waals surface area contributed by atoms with Gasteiger partial charge in [-0.3, -0.25) is 4.98 Å². The summed E-state index contributed by atoms with van der Waals surface area (Å²) in [5.74, 6) is -1.20. The zero-order valence-electron chi connectivity index (χ0n) is 20.2. The highest BCUT2D eigenvalue weighted by Crippen LogP contribution is 2.30. The van der Waals surface area contributed by atoms with Crippen LogP contribution in [0, 0.1) is 5.82 Å². The highest BCUT2D eigenvalue weighted by Gasteiger charge is 2.30. The van der Waals surface area contributed by atoms with Crippen LogP contribution >= 0.6 is 0 Å². The quantitative estimate of drug-likeness (QED) is 0.269. The highest BCUT2D eigenvalue weighted by atomic mass is 19.4. The summed E-state index contributed by atoms with van der Waals surface area (Å²) in [6, 6.07) is 11.9. The maximum absolute atomic E-state index is 13.8. The van der Waals surface area contributed by atoms with Crippen LogP contribution in [-0.2, 0) is 23.8 Å². The number of aryl methyl sites for hydroxylation is 1. The van der Waals surface area contributed by atoms with Crippen LogP contribution in [0.2, 0.25) is 0 Å². The topological polar surface area (TPSA) is 68.7 Å². The van der Waals surface area contributed by atoms with Crippen molar-refractivity contribution in [3.63, 3.8) is 0 Å². The van der Waals surface area contributed by atoms with Crippen molar-refractivity contribution in [3.8, 4) is 11.5 Å². The Kier molecular flexibility index (Phi) is 9.65. The van der Waals surface area contributed by atoms with E-state index in [4.69, 9.17) is 9.47 Å². The zero-order chi connectivity index (χ0) is 26.8. The molecule has 37 heavy (non-hydrogen) atoms. The van der Waals surface area contributed by atoms with E-state index in [0.717, 1.165) is 41.9 Å². The van der Waals surface area contributed by atoms with Gasteiger partial charge in [0.15, 0.2) is 6.10 Å². The van der Waals surface area contributed by atoms with Crippen LogP contribution in [0.5, 0.6) is 11.5 Å². The van der Waals surface area contributed by atoms with Gasteiger partial charge in [-0.2, -0.15) is 13.2 Å². The number of carbonyl (C=O) groups is 1. The second-order valence-electron chi connectivity index (χ2n) is 8.24. The van der Waals surface area contributed by atoms with Crippen LogP contribution < -0.4 is 9.47 Å². The number of hydrogen-bond donors (Lipinski definition) is 1. The molecule has 1 aromatic heterocycles. The minimum atomic E-state index is -4.49. The van der Waals surface area contributed by atoms with Gasteiger partial charge in [0.2, 0.25) is 0 Å². The van der Waals surface area contributed by atoms with Crippen LogP contribution in [0.25, 0.3) is 6.08 Å². The Hall–Kier alpha value is -3.88. The molecular formula is C28H27F4NO4. The fraction of sp³-hybridized carbons (Fsp3) is 0.286. The van der Waals surface area contributed by atoms with Gasteiger partial charge in [-0.25, -0.2) is 9.18 Å². The van der Waals surface area contributed by atoms with Crippen molar-refractivity contribution in [1.82, 2.24) is 4.98 Å². The number of ether oxygens (including phenoxy) is 2. The molecule has 0 aliphatic carbocycles. The average molecular weight is 518 g/mol. The number of hydrogen-bond acceptors (Lipinski definition) is 4. The third kappa shape index (κ3) is 8.63. The molecule has 1 heterocycles. The fourth-order valence-electron chi connectivity index (χ4n) is 3.44. The molecule has 0 saturated heterocycles. The van der Waals surface area contributed by atoms with E-state index in [9.17, 15) is 27.5 Å². The van der Waals surface area contributed by atoms with Crippen LogP contribution in [0.1, 0.15) is 42.1 Å². The van der Waals surface area contributed by atoms with Gasteiger partial charge < -0.3 is 14.6 Å². The van der Waals surface area contributed by atoms with Crippen LogP contribution in [-0.4, -0.2) is 28.8 Å². The smallest absolute Gasteiger partial charge is 0.416 e. The van der Waals surface area contributed by atoms with E-state index < -0.39 is 29.6 Å². The number of allylic oxidation sites excluding steroid dienone is 1. The van der Waals surface area contributed by atoms with Gasteiger partial charge in [0.05, 0.1) is 12.2 Å². The third-order valence-electron chi connectivity index (χ3n) is 5.51. The van der Waals surface area contributed by atoms with Crippen LogP contribution in [0.3, 0.4) is 0 Å². The van der Waals surface area contributed by atoms with E-state index in [0.29, 0.717) is 24.3 Å². The lowest BCUT2D eigenvalue weighted by Crippen LogP contribution is -2.26. The lowest BCUT2D eigenvalue weighted by Gasteiger charge is -2.15. The lowest BCUT2D eigenvalue weighted by atomic mass is 10.1. The summed E-state index contributed by atoms with van der Waals surface area (Å²) >= 11 is 0. The van der Waals surface area contributed by atoms with E-state index in [1.807, 2.05) is 18.3 Å². The molecule has 1 unspecified atom stereocenters. The van der Waals surface area contributed by atoms with Crippen molar-refractivity contribution in [1.29, 1.82) is 0 Å². The number of nitrogens with zero attached hydrogens (tertiary/aromatic N) is 1. The number of aromatic nitrogens is 1. The molecule has 3 rings (SSSR count). The summed E-state index contributed by atoms with van der Waals surface area (Å²) in [6.45, 7) is 2.39. The molecule has 3 aromatic rings. The Morgan fingerprint density at radius 2 is 1.86 bits per heavy atom. The normalized spacial score (nSPS) is 12.5. The Morgan fingerprint density at radius 1 is 1.11 bits per heavy atom. The monoisotopic (exact) mass is 517 g/mol. The molecular weight excluding hydrogens is 490 g/mol. The third-order valence-corrected chi connectivity index (χ3v) is 5.51. The first-order valence-corrected chi connectivity index (χ1v) is 11.7. The summed E-state index contributed by atoms with van der Waals surface area (Å²) in [5.41, 5.74) is 1.66. The second-order valence-corrected chi connectivity index (χ2v) is 8.24. The molecule has 0 aliphatic rings. The van der Waals surface area contributed by atoms with E-state index in [2.05, 4.69) is 11.9 Å². The number of benzene rings is 2. The molecule has 9 heteroatoms. The Morgan fingerprint density at radius 3 is 2.49 bits per heavy atom. The van der Waals surface area contributed by atoms with Crippen LogP contribution in [0.4, 0.5) is 17.6 Å². The minimum absolute atomic E-state index is 0.0176. The summed E-state index contributed by atoms with van der Waals surface area (Å²) in [7, 11) is 0. The van der Waals surface area contributed by atoms with Crippen molar-refractivity contribution in [2.75, 3.05) is 6.61 Å². The van der Waals surface area contributed by atoms with Crippen molar-refractivity contribution in [2.24, 2.45) is 0 Å². The molecule has 0 bridgehead atoms.